The lowest BCUT2D eigenvalue weighted by atomic mass is 10.0. The van der Waals surface area contributed by atoms with Gasteiger partial charge in [-0.15, -0.1) is 23.5 Å². The largest absolute Gasteiger partial charge is 0.140 e. The van der Waals surface area contributed by atoms with Crippen LogP contribution in [0.5, 0.6) is 0 Å². The highest BCUT2D eigenvalue weighted by atomic mass is 32.2. The van der Waals surface area contributed by atoms with Crippen LogP contribution >= 0.6 is 23.5 Å². The van der Waals surface area contributed by atoms with E-state index in [9.17, 15) is 0 Å². The Morgan fingerprint density at radius 1 is 1.06 bits per heavy atom. The first-order chi connectivity index (χ1) is 8.87. The van der Waals surface area contributed by atoms with E-state index < -0.39 is 0 Å². The van der Waals surface area contributed by atoms with Gasteiger partial charge in [-0.2, -0.15) is 0 Å². The first-order valence-corrected chi connectivity index (χ1v) is 9.82. The Balaban J connectivity index is 1.84. The van der Waals surface area contributed by atoms with E-state index >= 15 is 0 Å². The van der Waals surface area contributed by atoms with Crippen LogP contribution < -0.4 is 0 Å². The highest BCUT2D eigenvalue weighted by Gasteiger charge is 2.37. The van der Waals surface area contributed by atoms with Crippen molar-refractivity contribution in [3.8, 4) is 0 Å². The van der Waals surface area contributed by atoms with Crippen LogP contribution in [0.2, 0.25) is 0 Å². The molecule has 0 aromatic rings. The Morgan fingerprint density at radius 2 is 1.83 bits per heavy atom. The van der Waals surface area contributed by atoms with Gasteiger partial charge in [-0.1, -0.05) is 45.1 Å². The zero-order valence-electron chi connectivity index (χ0n) is 11.9. The maximum absolute atomic E-state index is 2.57. The van der Waals surface area contributed by atoms with Gasteiger partial charge in [-0.3, -0.25) is 0 Å². The Hall–Kier alpha value is 0.440. The maximum Gasteiger partial charge on any atom is 0.0820 e. The van der Waals surface area contributed by atoms with Gasteiger partial charge in [0.05, 0.1) is 4.08 Å². The van der Waals surface area contributed by atoms with Crippen LogP contribution in [0.25, 0.3) is 0 Å². The third-order valence-corrected chi connectivity index (χ3v) is 7.66. The highest BCUT2D eigenvalue weighted by molar-refractivity contribution is 8.19. The summed E-state index contributed by atoms with van der Waals surface area (Å²) >= 11 is 4.53. The standard InChI is InChI=1S/C16H28S2/c1-2-3-4-5-8-12-16(15-10-6-7-11-15)17-13-9-14-18-16/h10H,2-9,11-14H2,1H3. The molecule has 0 aromatic carbocycles. The van der Waals surface area contributed by atoms with Gasteiger partial charge >= 0.3 is 0 Å². The predicted octanol–water partition coefficient (Wildman–Crippen LogP) is 6.02. The minimum Gasteiger partial charge on any atom is -0.140 e. The average molecular weight is 285 g/mol. The van der Waals surface area contributed by atoms with E-state index in [2.05, 4.69) is 36.5 Å². The molecule has 104 valence electrons. The Labute approximate surface area is 122 Å². The van der Waals surface area contributed by atoms with Gasteiger partial charge in [0.25, 0.3) is 0 Å². The fourth-order valence-electron chi connectivity index (χ4n) is 3.04. The number of allylic oxidation sites excluding steroid dienone is 1. The second-order valence-electron chi connectivity index (χ2n) is 5.59. The van der Waals surface area contributed by atoms with Gasteiger partial charge in [-0.05, 0) is 49.2 Å². The second kappa shape index (κ2) is 7.89. The van der Waals surface area contributed by atoms with Crippen LogP contribution in [0.15, 0.2) is 11.6 Å². The van der Waals surface area contributed by atoms with Crippen molar-refractivity contribution in [3.05, 3.63) is 11.6 Å². The molecule has 0 unspecified atom stereocenters. The third-order valence-electron chi connectivity index (χ3n) is 4.10. The van der Waals surface area contributed by atoms with Crippen molar-refractivity contribution in [1.82, 2.24) is 0 Å². The van der Waals surface area contributed by atoms with E-state index in [1.54, 1.807) is 5.57 Å². The van der Waals surface area contributed by atoms with Crippen molar-refractivity contribution < 1.29 is 0 Å². The molecule has 0 spiro atoms. The monoisotopic (exact) mass is 284 g/mol. The minimum atomic E-state index is 0.501. The summed E-state index contributed by atoms with van der Waals surface area (Å²) in [5, 5.41) is 0. The maximum atomic E-state index is 2.57. The first-order valence-electron chi connectivity index (χ1n) is 7.85. The zero-order valence-corrected chi connectivity index (χ0v) is 13.5. The lowest BCUT2D eigenvalue weighted by molar-refractivity contribution is 0.596. The lowest BCUT2D eigenvalue weighted by Gasteiger charge is -2.38. The first kappa shape index (κ1) is 14.8. The van der Waals surface area contributed by atoms with Crippen molar-refractivity contribution in [2.75, 3.05) is 11.5 Å². The van der Waals surface area contributed by atoms with Crippen LogP contribution in [0, 0.1) is 0 Å². The van der Waals surface area contributed by atoms with Crippen molar-refractivity contribution in [3.63, 3.8) is 0 Å². The molecule has 0 N–H and O–H groups in total. The van der Waals surface area contributed by atoms with Gasteiger partial charge in [0, 0.05) is 0 Å². The molecular weight excluding hydrogens is 256 g/mol. The molecule has 0 bridgehead atoms. The average Bonchev–Trinajstić information content (AvgIpc) is 2.94. The Kier molecular flexibility index (Phi) is 6.51. The molecule has 0 nitrogen and oxygen atoms in total. The Bertz CT molecular complexity index is 264. The predicted molar refractivity (Wildman–Crippen MR) is 87.6 cm³/mol. The molecule has 0 radical (unpaired) electrons. The van der Waals surface area contributed by atoms with E-state index in [0.717, 1.165) is 0 Å². The summed E-state index contributed by atoms with van der Waals surface area (Å²) in [6, 6.07) is 0. The molecule has 0 atom stereocenters. The van der Waals surface area contributed by atoms with Crippen LogP contribution in [-0.4, -0.2) is 15.6 Å². The summed E-state index contributed by atoms with van der Waals surface area (Å²) < 4.78 is 0.501. The van der Waals surface area contributed by atoms with E-state index in [-0.39, 0.29) is 0 Å². The summed E-state index contributed by atoms with van der Waals surface area (Å²) in [5.41, 5.74) is 1.80. The molecule has 2 heteroatoms. The van der Waals surface area contributed by atoms with Crippen LogP contribution in [0.1, 0.15) is 71.1 Å². The normalized spacial score (nSPS) is 23.1. The molecule has 1 aliphatic heterocycles. The van der Waals surface area contributed by atoms with Gasteiger partial charge in [-0.25, -0.2) is 0 Å². The molecule has 0 saturated carbocycles. The molecule has 0 aromatic heterocycles. The van der Waals surface area contributed by atoms with Crippen LogP contribution in [0.3, 0.4) is 0 Å². The van der Waals surface area contributed by atoms with E-state index in [4.69, 9.17) is 0 Å². The minimum absolute atomic E-state index is 0.501. The summed E-state index contributed by atoms with van der Waals surface area (Å²) in [6.07, 6.45) is 16.7. The second-order valence-corrected chi connectivity index (χ2v) is 8.64. The SMILES string of the molecule is CCCCCCCC1(C2=CCCC2)SCCCS1. The van der Waals surface area contributed by atoms with E-state index in [1.807, 2.05) is 0 Å². The molecule has 18 heavy (non-hydrogen) atoms. The third kappa shape index (κ3) is 3.96. The smallest absolute Gasteiger partial charge is 0.0820 e. The number of hydrogen-bond acceptors (Lipinski definition) is 2. The van der Waals surface area contributed by atoms with Crippen molar-refractivity contribution >= 4 is 23.5 Å². The number of rotatable bonds is 7. The molecule has 1 saturated heterocycles. The molecular formula is C16H28S2. The van der Waals surface area contributed by atoms with E-state index in [1.165, 1.54) is 75.7 Å². The Morgan fingerprint density at radius 3 is 2.50 bits per heavy atom. The topological polar surface area (TPSA) is 0 Å². The molecule has 1 aliphatic carbocycles. The van der Waals surface area contributed by atoms with E-state index in [0.29, 0.717) is 4.08 Å². The zero-order chi connectivity index (χ0) is 12.7. The fraction of sp³-hybridized carbons (Fsp3) is 0.875. The molecule has 2 rings (SSSR count). The highest BCUT2D eigenvalue weighted by Crippen LogP contribution is 2.53. The molecule has 0 amide bonds. The lowest BCUT2D eigenvalue weighted by Crippen LogP contribution is -2.27. The van der Waals surface area contributed by atoms with Crippen LogP contribution in [-0.2, 0) is 0 Å². The van der Waals surface area contributed by atoms with Crippen molar-refractivity contribution in [2.45, 2.75) is 75.2 Å². The van der Waals surface area contributed by atoms with Gasteiger partial charge < -0.3 is 0 Å². The summed E-state index contributed by atoms with van der Waals surface area (Å²) in [4.78, 5) is 0. The van der Waals surface area contributed by atoms with Crippen LogP contribution in [0.4, 0.5) is 0 Å². The fourth-order valence-corrected chi connectivity index (χ4v) is 6.61. The summed E-state index contributed by atoms with van der Waals surface area (Å²) in [5.74, 6) is 2.78. The van der Waals surface area contributed by atoms with Crippen molar-refractivity contribution in [1.29, 1.82) is 0 Å². The van der Waals surface area contributed by atoms with Gasteiger partial charge in [0.1, 0.15) is 0 Å². The number of unbranched alkanes of at least 4 members (excludes halogenated alkanes) is 4. The summed E-state index contributed by atoms with van der Waals surface area (Å²) in [6.45, 7) is 2.30. The molecule has 2 aliphatic rings. The van der Waals surface area contributed by atoms with Gasteiger partial charge in [0.2, 0.25) is 0 Å². The quantitative estimate of drug-likeness (QED) is 0.414. The molecule has 1 heterocycles. The summed E-state index contributed by atoms with van der Waals surface area (Å²) in [7, 11) is 0. The molecule has 1 fully saturated rings. The van der Waals surface area contributed by atoms with Gasteiger partial charge in [0.15, 0.2) is 0 Å². The number of thioether (sulfide) groups is 2. The van der Waals surface area contributed by atoms with Crippen molar-refractivity contribution in [2.24, 2.45) is 0 Å². The number of hydrogen-bond donors (Lipinski definition) is 0.